The van der Waals surface area contributed by atoms with E-state index in [2.05, 4.69) is 15.0 Å². The summed E-state index contributed by atoms with van der Waals surface area (Å²) in [5.41, 5.74) is 0.484. The van der Waals surface area contributed by atoms with Gasteiger partial charge in [-0.25, -0.2) is 4.79 Å². The van der Waals surface area contributed by atoms with Crippen molar-refractivity contribution >= 4 is 6.09 Å². The maximum Gasteiger partial charge on any atom is 0.410 e. The van der Waals surface area contributed by atoms with Crippen LogP contribution >= 0.6 is 0 Å². The third kappa shape index (κ3) is 5.26. The van der Waals surface area contributed by atoms with E-state index in [4.69, 9.17) is 14.0 Å². The zero-order chi connectivity index (χ0) is 21.0. The average molecular weight is 402 g/mol. The molecule has 0 saturated carbocycles. The molecule has 1 atom stereocenters. The maximum atomic E-state index is 12.7. The SMILES string of the molecule is CCc1nc(CN2CCN(C(=O)OC(C)(C)C)C[C@@H]2c2ccccc2OC)no1. The summed E-state index contributed by atoms with van der Waals surface area (Å²) in [6.45, 7) is 9.87. The lowest BCUT2D eigenvalue weighted by atomic mass is 10.0. The first-order valence-electron chi connectivity index (χ1n) is 9.97. The molecule has 2 aromatic rings. The van der Waals surface area contributed by atoms with Crippen molar-refractivity contribution in [3.8, 4) is 5.75 Å². The summed E-state index contributed by atoms with van der Waals surface area (Å²) in [7, 11) is 1.66. The van der Waals surface area contributed by atoms with E-state index in [1.807, 2.05) is 52.0 Å². The summed E-state index contributed by atoms with van der Waals surface area (Å²) >= 11 is 0. The van der Waals surface area contributed by atoms with Crippen molar-refractivity contribution in [1.82, 2.24) is 19.9 Å². The normalized spacial score (nSPS) is 18.0. The Morgan fingerprint density at radius 1 is 1.28 bits per heavy atom. The number of hydrogen-bond acceptors (Lipinski definition) is 7. The lowest BCUT2D eigenvalue weighted by Gasteiger charge is -2.41. The monoisotopic (exact) mass is 402 g/mol. The highest BCUT2D eigenvalue weighted by Gasteiger charge is 2.34. The summed E-state index contributed by atoms with van der Waals surface area (Å²) in [4.78, 5) is 21.1. The van der Waals surface area contributed by atoms with Crippen molar-refractivity contribution < 1.29 is 18.8 Å². The molecular weight excluding hydrogens is 372 g/mol. The van der Waals surface area contributed by atoms with Gasteiger partial charge in [-0.1, -0.05) is 30.3 Å². The number of carbonyl (C=O) groups is 1. The third-order valence-electron chi connectivity index (χ3n) is 4.80. The van der Waals surface area contributed by atoms with Gasteiger partial charge in [-0.2, -0.15) is 4.98 Å². The fraction of sp³-hybridized carbons (Fsp3) is 0.571. The fourth-order valence-electron chi connectivity index (χ4n) is 3.42. The van der Waals surface area contributed by atoms with Gasteiger partial charge in [-0.05, 0) is 26.8 Å². The van der Waals surface area contributed by atoms with E-state index in [-0.39, 0.29) is 12.1 Å². The van der Waals surface area contributed by atoms with Gasteiger partial charge in [0.15, 0.2) is 5.82 Å². The minimum atomic E-state index is -0.532. The van der Waals surface area contributed by atoms with Gasteiger partial charge in [0, 0.05) is 31.6 Å². The quantitative estimate of drug-likeness (QED) is 0.758. The van der Waals surface area contributed by atoms with Gasteiger partial charge in [0.1, 0.15) is 11.4 Å². The second-order valence-electron chi connectivity index (χ2n) is 8.11. The van der Waals surface area contributed by atoms with Crippen LogP contribution in [0.4, 0.5) is 4.79 Å². The van der Waals surface area contributed by atoms with Crippen LogP contribution in [0, 0.1) is 0 Å². The second kappa shape index (κ2) is 8.82. The van der Waals surface area contributed by atoms with Crippen molar-refractivity contribution in [2.75, 3.05) is 26.7 Å². The maximum absolute atomic E-state index is 12.7. The summed E-state index contributed by atoms with van der Waals surface area (Å²) in [5, 5.41) is 4.09. The molecule has 0 N–H and O–H groups in total. The minimum Gasteiger partial charge on any atom is -0.496 e. The first-order chi connectivity index (χ1) is 13.8. The Kier molecular flexibility index (Phi) is 6.42. The van der Waals surface area contributed by atoms with Crippen molar-refractivity contribution in [2.45, 2.75) is 52.3 Å². The number of rotatable bonds is 5. The average Bonchev–Trinajstić information content (AvgIpc) is 3.14. The number of aromatic nitrogens is 2. The Hall–Kier alpha value is -2.61. The predicted molar refractivity (Wildman–Crippen MR) is 108 cm³/mol. The van der Waals surface area contributed by atoms with Crippen LogP contribution in [0.15, 0.2) is 28.8 Å². The summed E-state index contributed by atoms with van der Waals surface area (Å²) in [6.07, 6.45) is 0.403. The molecule has 0 radical (unpaired) electrons. The first-order valence-corrected chi connectivity index (χ1v) is 9.97. The molecule has 1 aromatic heterocycles. The molecule has 1 saturated heterocycles. The minimum absolute atomic E-state index is 0.0732. The Bertz CT molecular complexity index is 830. The number of hydrogen-bond donors (Lipinski definition) is 0. The smallest absolute Gasteiger partial charge is 0.410 e. The molecule has 1 aromatic carbocycles. The number of piperazine rings is 1. The van der Waals surface area contributed by atoms with Gasteiger partial charge in [0.2, 0.25) is 5.89 Å². The number of aryl methyl sites for hydroxylation is 1. The molecule has 0 unspecified atom stereocenters. The zero-order valence-corrected chi connectivity index (χ0v) is 17.8. The van der Waals surface area contributed by atoms with Gasteiger partial charge in [-0.3, -0.25) is 4.90 Å². The van der Waals surface area contributed by atoms with Crippen LogP contribution in [0.3, 0.4) is 0 Å². The number of methoxy groups -OCH3 is 1. The number of carbonyl (C=O) groups excluding carboxylic acids is 1. The first kappa shape index (κ1) is 21.1. The second-order valence-corrected chi connectivity index (χ2v) is 8.11. The molecule has 0 aliphatic carbocycles. The Labute approximate surface area is 171 Å². The van der Waals surface area contributed by atoms with Gasteiger partial charge in [-0.15, -0.1) is 0 Å². The largest absolute Gasteiger partial charge is 0.496 e. The Morgan fingerprint density at radius 2 is 2.03 bits per heavy atom. The molecule has 1 aliphatic heterocycles. The Balaban J connectivity index is 1.85. The molecule has 1 amide bonds. The molecule has 1 aliphatic rings. The van der Waals surface area contributed by atoms with Crippen LogP contribution in [-0.4, -0.2) is 58.4 Å². The standard InChI is InChI=1S/C21H30N4O4/c1-6-19-22-18(23-29-19)14-24-11-12-25(20(26)28-21(2,3)4)13-16(24)15-9-7-8-10-17(15)27-5/h7-10,16H,6,11-14H2,1-5H3/t16-/m1/s1. The van der Waals surface area contributed by atoms with Crippen molar-refractivity contribution in [1.29, 1.82) is 0 Å². The molecule has 29 heavy (non-hydrogen) atoms. The third-order valence-corrected chi connectivity index (χ3v) is 4.80. The summed E-state index contributed by atoms with van der Waals surface area (Å²) < 4.78 is 16.4. The molecule has 0 bridgehead atoms. The molecule has 0 spiro atoms. The van der Waals surface area contributed by atoms with Crippen molar-refractivity contribution in [3.05, 3.63) is 41.5 Å². The van der Waals surface area contributed by atoms with Crippen LogP contribution in [0.25, 0.3) is 0 Å². The van der Waals surface area contributed by atoms with E-state index >= 15 is 0 Å². The zero-order valence-electron chi connectivity index (χ0n) is 17.8. The summed E-state index contributed by atoms with van der Waals surface area (Å²) in [5.74, 6) is 2.06. The number of nitrogens with zero attached hydrogens (tertiary/aromatic N) is 4. The van der Waals surface area contributed by atoms with E-state index < -0.39 is 5.60 Å². The molecule has 8 nitrogen and oxygen atoms in total. The predicted octanol–water partition coefficient (Wildman–Crippen LogP) is 3.43. The van der Waals surface area contributed by atoms with Crippen LogP contribution < -0.4 is 4.74 Å². The number of para-hydroxylation sites is 1. The van der Waals surface area contributed by atoms with Gasteiger partial charge >= 0.3 is 6.09 Å². The highest BCUT2D eigenvalue weighted by molar-refractivity contribution is 5.68. The highest BCUT2D eigenvalue weighted by atomic mass is 16.6. The van der Waals surface area contributed by atoms with E-state index in [0.29, 0.717) is 44.3 Å². The van der Waals surface area contributed by atoms with Crippen LogP contribution in [-0.2, 0) is 17.7 Å². The number of ether oxygens (including phenoxy) is 2. The number of benzene rings is 1. The molecular formula is C21H30N4O4. The van der Waals surface area contributed by atoms with E-state index in [1.54, 1.807) is 12.0 Å². The van der Waals surface area contributed by atoms with Gasteiger partial charge in [0.05, 0.1) is 19.7 Å². The highest BCUT2D eigenvalue weighted by Crippen LogP contribution is 2.33. The van der Waals surface area contributed by atoms with E-state index in [9.17, 15) is 4.79 Å². The topological polar surface area (TPSA) is 80.9 Å². The van der Waals surface area contributed by atoms with Crippen molar-refractivity contribution in [3.63, 3.8) is 0 Å². The van der Waals surface area contributed by atoms with Crippen LogP contribution in [0.2, 0.25) is 0 Å². The molecule has 1 fully saturated rings. The Morgan fingerprint density at radius 3 is 2.69 bits per heavy atom. The molecule has 2 heterocycles. The summed E-state index contributed by atoms with van der Waals surface area (Å²) in [6, 6.07) is 7.81. The fourth-order valence-corrected chi connectivity index (χ4v) is 3.42. The van der Waals surface area contributed by atoms with Crippen LogP contribution in [0.5, 0.6) is 5.75 Å². The van der Waals surface area contributed by atoms with E-state index in [1.165, 1.54) is 0 Å². The lowest BCUT2D eigenvalue weighted by molar-refractivity contribution is 0.00124. The lowest BCUT2D eigenvalue weighted by Crippen LogP contribution is -2.51. The number of amides is 1. The molecule has 3 rings (SSSR count). The van der Waals surface area contributed by atoms with Gasteiger partial charge < -0.3 is 18.9 Å². The molecule has 8 heteroatoms. The van der Waals surface area contributed by atoms with Gasteiger partial charge in [0.25, 0.3) is 0 Å². The molecule has 158 valence electrons. The van der Waals surface area contributed by atoms with E-state index in [0.717, 1.165) is 11.3 Å². The van der Waals surface area contributed by atoms with Crippen LogP contribution in [0.1, 0.15) is 51.0 Å². The van der Waals surface area contributed by atoms with Crippen molar-refractivity contribution in [2.24, 2.45) is 0 Å².